The van der Waals surface area contributed by atoms with Crippen molar-refractivity contribution in [1.82, 2.24) is 0 Å². The monoisotopic (exact) mass is 661 g/mol. The third-order valence-electron chi connectivity index (χ3n) is 9.58. The first-order valence-corrected chi connectivity index (χ1v) is 21.2. The lowest BCUT2D eigenvalue weighted by atomic mass is 10.0. The normalized spacial score (nSPS) is 12.9. The average Bonchev–Trinajstić information content (AvgIpc) is 3.03. The number of esters is 1. The molecule has 0 aromatic rings. The fraction of sp³-hybridized carbons (Fsp3) is 0.886. The molecular weight excluding hydrogens is 574 g/mol. The zero-order valence-electron chi connectivity index (χ0n) is 33.0. The Morgan fingerprint density at radius 3 is 1.13 bits per heavy atom. The van der Waals surface area contributed by atoms with Gasteiger partial charge in [0.25, 0.3) is 0 Å². The second-order valence-corrected chi connectivity index (χ2v) is 15.7. The molecule has 3 heteroatoms. The Kier molecular flexibility index (Phi) is 35.4. The minimum Gasteiger partial charge on any atom is -0.462 e. The molecule has 0 N–H and O–H groups in total. The lowest BCUT2D eigenvalue weighted by Gasteiger charge is -2.24. The van der Waals surface area contributed by atoms with Crippen molar-refractivity contribution in [3.05, 3.63) is 24.3 Å². The van der Waals surface area contributed by atoms with Gasteiger partial charge in [-0.1, -0.05) is 154 Å². The number of ether oxygens (including phenoxy) is 1. The van der Waals surface area contributed by atoms with Gasteiger partial charge in [-0.15, -0.1) is 0 Å². The Labute approximate surface area is 296 Å². The second kappa shape index (κ2) is 36.2. The van der Waals surface area contributed by atoms with Gasteiger partial charge in [0.1, 0.15) is 6.10 Å². The number of allylic oxidation sites excluding steroid dienone is 4. The molecule has 0 atom stereocenters. The summed E-state index contributed by atoms with van der Waals surface area (Å²) in [6.45, 7) is 5.59. The first-order chi connectivity index (χ1) is 22.9. The van der Waals surface area contributed by atoms with Crippen LogP contribution < -0.4 is 0 Å². The van der Waals surface area contributed by atoms with Gasteiger partial charge < -0.3 is 9.22 Å². The highest BCUT2D eigenvalue weighted by atomic mass is 16.5. The third kappa shape index (κ3) is 39.2. The number of unbranched alkanes of at least 4 members (excludes halogenated alkanes) is 24. The largest absolute Gasteiger partial charge is 0.462 e. The van der Waals surface area contributed by atoms with Crippen molar-refractivity contribution in [3.63, 3.8) is 0 Å². The topological polar surface area (TPSA) is 26.3 Å². The van der Waals surface area contributed by atoms with Gasteiger partial charge in [-0.2, -0.15) is 0 Å². The Bertz CT molecular complexity index is 649. The molecule has 0 bridgehead atoms. The van der Waals surface area contributed by atoms with Crippen LogP contribution in [0.2, 0.25) is 0 Å². The van der Waals surface area contributed by atoms with Crippen LogP contribution in [0.5, 0.6) is 0 Å². The highest BCUT2D eigenvalue weighted by molar-refractivity contribution is 5.69. The van der Waals surface area contributed by atoms with E-state index in [9.17, 15) is 4.79 Å². The van der Waals surface area contributed by atoms with E-state index in [2.05, 4.69) is 59.3 Å². The Balaban J connectivity index is 4.02. The van der Waals surface area contributed by atoms with Crippen LogP contribution in [0.1, 0.15) is 219 Å². The average molecular weight is 661 g/mol. The van der Waals surface area contributed by atoms with Crippen molar-refractivity contribution in [1.29, 1.82) is 0 Å². The Morgan fingerprint density at radius 2 is 0.787 bits per heavy atom. The Hall–Kier alpha value is -1.09. The summed E-state index contributed by atoms with van der Waals surface area (Å²) in [6, 6.07) is 0. The molecule has 0 heterocycles. The summed E-state index contributed by atoms with van der Waals surface area (Å²) in [5, 5.41) is 0. The molecule has 0 aliphatic carbocycles. The van der Waals surface area contributed by atoms with E-state index in [0.29, 0.717) is 6.42 Å². The lowest BCUT2D eigenvalue weighted by molar-refractivity contribution is -0.870. The summed E-state index contributed by atoms with van der Waals surface area (Å²) in [5.41, 5.74) is 0. The quantitative estimate of drug-likeness (QED) is 0.0287. The van der Waals surface area contributed by atoms with Crippen LogP contribution in [0.15, 0.2) is 24.3 Å². The predicted octanol–water partition coefficient (Wildman–Crippen LogP) is 14.2. The molecule has 0 radical (unpaired) electrons. The van der Waals surface area contributed by atoms with E-state index in [1.807, 2.05) is 0 Å². The van der Waals surface area contributed by atoms with Crippen LogP contribution in [-0.4, -0.2) is 44.2 Å². The van der Waals surface area contributed by atoms with Crippen molar-refractivity contribution in [2.75, 3.05) is 27.7 Å². The molecule has 0 saturated heterocycles. The standard InChI is InChI=1S/C44H86NO2/c1-6-8-10-12-14-16-18-20-22-24-26-28-30-32-34-36-39-43(47-44(46)41-38-42-45(3,4)5)40-37-35-33-31-29-27-25-23-21-19-17-15-13-11-9-7-2/h20-23,43H,6-19,24-42H2,1-5H3/q+1. The van der Waals surface area contributed by atoms with Gasteiger partial charge in [0.15, 0.2) is 0 Å². The minimum atomic E-state index is 0.0255. The molecule has 0 amide bonds. The molecule has 0 rings (SSSR count). The highest BCUT2D eigenvalue weighted by Gasteiger charge is 2.16. The summed E-state index contributed by atoms with van der Waals surface area (Å²) >= 11 is 0. The first kappa shape index (κ1) is 45.9. The first-order valence-electron chi connectivity index (χ1n) is 21.2. The van der Waals surface area contributed by atoms with Crippen molar-refractivity contribution in [2.45, 2.75) is 225 Å². The molecule has 3 nitrogen and oxygen atoms in total. The molecule has 0 spiro atoms. The smallest absolute Gasteiger partial charge is 0.306 e. The summed E-state index contributed by atoms with van der Waals surface area (Å²) in [5.74, 6) is 0.0255. The van der Waals surface area contributed by atoms with Crippen molar-refractivity contribution >= 4 is 5.97 Å². The van der Waals surface area contributed by atoms with Crippen LogP contribution in [0.4, 0.5) is 0 Å². The minimum absolute atomic E-state index is 0.0255. The van der Waals surface area contributed by atoms with Crippen molar-refractivity contribution < 1.29 is 14.0 Å². The highest BCUT2D eigenvalue weighted by Crippen LogP contribution is 2.19. The molecule has 0 aliphatic heterocycles. The van der Waals surface area contributed by atoms with E-state index in [1.165, 1.54) is 180 Å². The predicted molar refractivity (Wildman–Crippen MR) is 210 cm³/mol. The third-order valence-corrected chi connectivity index (χ3v) is 9.58. The van der Waals surface area contributed by atoms with E-state index in [1.54, 1.807) is 0 Å². The molecule has 0 aromatic carbocycles. The molecular formula is C44H86NO2+. The molecule has 0 saturated carbocycles. The number of quaternary nitrogens is 1. The number of carbonyl (C=O) groups is 1. The molecule has 278 valence electrons. The number of carbonyl (C=O) groups excluding carboxylic acids is 1. The van der Waals surface area contributed by atoms with Crippen molar-refractivity contribution in [2.24, 2.45) is 0 Å². The van der Waals surface area contributed by atoms with E-state index in [0.717, 1.165) is 30.3 Å². The van der Waals surface area contributed by atoms with E-state index >= 15 is 0 Å². The molecule has 0 fully saturated rings. The van der Waals surface area contributed by atoms with Crippen molar-refractivity contribution in [3.8, 4) is 0 Å². The van der Waals surface area contributed by atoms with Crippen LogP contribution in [0.3, 0.4) is 0 Å². The molecule has 47 heavy (non-hydrogen) atoms. The van der Waals surface area contributed by atoms with Gasteiger partial charge in [-0.3, -0.25) is 4.79 Å². The SMILES string of the molecule is CCCCCCCCC=CCCCCCCCCC(CCCCCCCCC=CCCCCCCCC)OC(=O)CCC[N+](C)(C)C. The maximum absolute atomic E-state index is 12.6. The van der Waals surface area contributed by atoms with E-state index < -0.39 is 0 Å². The number of nitrogens with zero attached hydrogens (tertiary/aromatic N) is 1. The van der Waals surface area contributed by atoms with Gasteiger partial charge in [-0.05, 0) is 77.0 Å². The van der Waals surface area contributed by atoms with Gasteiger partial charge in [0, 0.05) is 6.42 Å². The second-order valence-electron chi connectivity index (χ2n) is 15.7. The zero-order valence-corrected chi connectivity index (χ0v) is 33.0. The molecule has 0 aromatic heterocycles. The maximum Gasteiger partial charge on any atom is 0.306 e. The number of hydrogen-bond donors (Lipinski definition) is 0. The summed E-state index contributed by atoms with van der Waals surface area (Å²) in [4.78, 5) is 12.6. The van der Waals surface area contributed by atoms with Crippen LogP contribution in [0.25, 0.3) is 0 Å². The van der Waals surface area contributed by atoms with Gasteiger partial charge in [-0.25, -0.2) is 0 Å². The van der Waals surface area contributed by atoms with E-state index in [-0.39, 0.29) is 12.1 Å². The molecule has 0 aliphatic rings. The maximum atomic E-state index is 12.6. The zero-order chi connectivity index (χ0) is 34.5. The fourth-order valence-electron chi connectivity index (χ4n) is 6.44. The molecule has 0 unspecified atom stereocenters. The Morgan fingerprint density at radius 1 is 0.468 bits per heavy atom. The van der Waals surface area contributed by atoms with Gasteiger partial charge in [0.2, 0.25) is 0 Å². The summed E-state index contributed by atoms with van der Waals surface area (Å²) < 4.78 is 6.96. The van der Waals surface area contributed by atoms with Crippen LogP contribution >= 0.6 is 0 Å². The lowest BCUT2D eigenvalue weighted by Crippen LogP contribution is -2.35. The van der Waals surface area contributed by atoms with Crippen LogP contribution in [0, 0.1) is 0 Å². The fourth-order valence-corrected chi connectivity index (χ4v) is 6.44. The summed E-state index contributed by atoms with van der Waals surface area (Å²) in [6.07, 6.45) is 50.7. The van der Waals surface area contributed by atoms with Crippen LogP contribution in [-0.2, 0) is 9.53 Å². The van der Waals surface area contributed by atoms with E-state index in [4.69, 9.17) is 4.74 Å². The number of hydrogen-bond acceptors (Lipinski definition) is 2. The summed E-state index contributed by atoms with van der Waals surface area (Å²) in [7, 11) is 6.57. The van der Waals surface area contributed by atoms with Gasteiger partial charge in [0.05, 0.1) is 34.1 Å². The van der Waals surface area contributed by atoms with Gasteiger partial charge >= 0.3 is 5.97 Å². The number of rotatable bonds is 37.